The standard InChI is InChI=1S/C18H17Cl2NO4/c1-3-21(9-11-4-5-15-16(6-11)25-10-24-15)18(22)12-7-13(19)17(23-2)14(20)8-12/h4-8H,3,9-10H2,1-2H3. The van der Waals surface area contributed by atoms with Gasteiger partial charge in [0.25, 0.3) is 5.91 Å². The monoisotopic (exact) mass is 381 g/mol. The van der Waals surface area contributed by atoms with Crippen LogP contribution in [0.4, 0.5) is 0 Å². The van der Waals surface area contributed by atoms with Crippen LogP contribution in [0.5, 0.6) is 17.2 Å². The van der Waals surface area contributed by atoms with Crippen molar-refractivity contribution in [2.24, 2.45) is 0 Å². The van der Waals surface area contributed by atoms with Crippen molar-refractivity contribution in [1.82, 2.24) is 4.90 Å². The number of carbonyl (C=O) groups is 1. The molecule has 0 unspecified atom stereocenters. The summed E-state index contributed by atoms with van der Waals surface area (Å²) in [5, 5.41) is 0.606. The van der Waals surface area contributed by atoms with Crippen LogP contribution in [-0.2, 0) is 6.54 Å². The highest BCUT2D eigenvalue weighted by atomic mass is 35.5. The number of nitrogens with zero attached hydrogens (tertiary/aromatic N) is 1. The Kier molecular flexibility index (Phi) is 5.25. The number of ether oxygens (including phenoxy) is 3. The van der Waals surface area contributed by atoms with E-state index in [2.05, 4.69) is 0 Å². The van der Waals surface area contributed by atoms with Crippen LogP contribution in [0.15, 0.2) is 30.3 Å². The quantitative estimate of drug-likeness (QED) is 0.770. The summed E-state index contributed by atoms with van der Waals surface area (Å²) in [7, 11) is 1.48. The summed E-state index contributed by atoms with van der Waals surface area (Å²) < 4.78 is 15.8. The molecule has 0 aromatic heterocycles. The van der Waals surface area contributed by atoms with Gasteiger partial charge in [-0.25, -0.2) is 0 Å². The van der Waals surface area contributed by atoms with Crippen molar-refractivity contribution in [2.45, 2.75) is 13.5 Å². The molecular formula is C18H17Cl2NO4. The Labute approximate surface area is 156 Å². The Balaban J connectivity index is 1.82. The average Bonchev–Trinajstić information content (AvgIpc) is 3.06. The molecule has 1 heterocycles. The highest BCUT2D eigenvalue weighted by Gasteiger charge is 2.20. The summed E-state index contributed by atoms with van der Waals surface area (Å²) in [5.41, 5.74) is 1.36. The number of hydrogen-bond donors (Lipinski definition) is 0. The lowest BCUT2D eigenvalue weighted by molar-refractivity contribution is 0.0752. The summed E-state index contributed by atoms with van der Waals surface area (Å²) in [6.07, 6.45) is 0. The maximum Gasteiger partial charge on any atom is 0.254 e. The van der Waals surface area contributed by atoms with Crippen molar-refractivity contribution in [3.05, 3.63) is 51.5 Å². The molecule has 0 saturated carbocycles. The van der Waals surface area contributed by atoms with Gasteiger partial charge in [0.05, 0.1) is 17.2 Å². The number of amides is 1. The first-order valence-corrected chi connectivity index (χ1v) is 8.50. The molecule has 3 rings (SSSR count). The Morgan fingerprint density at radius 3 is 2.48 bits per heavy atom. The van der Waals surface area contributed by atoms with Crippen molar-refractivity contribution in [2.75, 3.05) is 20.4 Å². The first-order chi connectivity index (χ1) is 12.0. The lowest BCUT2D eigenvalue weighted by Gasteiger charge is -2.22. The number of benzene rings is 2. The van der Waals surface area contributed by atoms with Gasteiger partial charge in [0.15, 0.2) is 17.2 Å². The van der Waals surface area contributed by atoms with Gasteiger partial charge in [0, 0.05) is 18.7 Å². The SMILES string of the molecule is CCN(Cc1ccc2c(c1)OCO2)C(=O)c1cc(Cl)c(OC)c(Cl)c1. The minimum atomic E-state index is -0.161. The third-order valence-electron chi connectivity index (χ3n) is 3.93. The maximum atomic E-state index is 12.8. The van der Waals surface area contributed by atoms with Crippen LogP contribution >= 0.6 is 23.2 Å². The Bertz CT molecular complexity index is 787. The predicted octanol–water partition coefficient (Wildman–Crippen LogP) is 4.39. The van der Waals surface area contributed by atoms with Crippen molar-refractivity contribution in [3.8, 4) is 17.2 Å². The molecule has 1 aliphatic heterocycles. The van der Waals surface area contributed by atoms with Gasteiger partial charge < -0.3 is 19.1 Å². The van der Waals surface area contributed by atoms with Crippen molar-refractivity contribution in [3.63, 3.8) is 0 Å². The van der Waals surface area contributed by atoms with E-state index >= 15 is 0 Å². The van der Waals surface area contributed by atoms with Crippen molar-refractivity contribution in [1.29, 1.82) is 0 Å². The van der Waals surface area contributed by atoms with E-state index in [1.807, 2.05) is 25.1 Å². The topological polar surface area (TPSA) is 48.0 Å². The fourth-order valence-electron chi connectivity index (χ4n) is 2.65. The van der Waals surface area contributed by atoms with Crippen LogP contribution in [0.2, 0.25) is 10.0 Å². The van der Waals surface area contributed by atoms with E-state index in [1.54, 1.807) is 17.0 Å². The Morgan fingerprint density at radius 2 is 1.84 bits per heavy atom. The highest BCUT2D eigenvalue weighted by molar-refractivity contribution is 6.37. The minimum Gasteiger partial charge on any atom is -0.494 e. The fourth-order valence-corrected chi connectivity index (χ4v) is 3.29. The molecule has 25 heavy (non-hydrogen) atoms. The van der Waals surface area contributed by atoms with E-state index in [9.17, 15) is 4.79 Å². The Morgan fingerprint density at radius 1 is 1.16 bits per heavy atom. The van der Waals surface area contributed by atoms with Crippen LogP contribution in [0.3, 0.4) is 0 Å². The molecule has 2 aromatic carbocycles. The van der Waals surface area contributed by atoms with Gasteiger partial charge in [-0.3, -0.25) is 4.79 Å². The molecule has 2 aromatic rings. The molecule has 0 spiro atoms. The second kappa shape index (κ2) is 7.42. The molecule has 7 heteroatoms. The van der Waals surface area contributed by atoms with E-state index in [4.69, 9.17) is 37.4 Å². The molecule has 1 aliphatic rings. The van der Waals surface area contributed by atoms with Gasteiger partial charge in [0.2, 0.25) is 6.79 Å². The van der Waals surface area contributed by atoms with Gasteiger partial charge in [-0.05, 0) is 36.8 Å². The van der Waals surface area contributed by atoms with Gasteiger partial charge in [-0.2, -0.15) is 0 Å². The minimum absolute atomic E-state index is 0.161. The lowest BCUT2D eigenvalue weighted by Crippen LogP contribution is -2.30. The first kappa shape index (κ1) is 17.7. The number of fused-ring (bicyclic) bond motifs is 1. The zero-order chi connectivity index (χ0) is 18.0. The van der Waals surface area contributed by atoms with Crippen LogP contribution < -0.4 is 14.2 Å². The maximum absolute atomic E-state index is 12.8. The predicted molar refractivity (Wildman–Crippen MR) is 96.0 cm³/mol. The molecule has 132 valence electrons. The summed E-state index contributed by atoms with van der Waals surface area (Å²) in [4.78, 5) is 14.5. The van der Waals surface area contributed by atoms with E-state index in [0.29, 0.717) is 45.9 Å². The van der Waals surface area contributed by atoms with Crippen LogP contribution in [0.1, 0.15) is 22.8 Å². The summed E-state index contributed by atoms with van der Waals surface area (Å²) in [6.45, 7) is 3.11. The molecule has 0 radical (unpaired) electrons. The van der Waals surface area contributed by atoms with E-state index in [0.717, 1.165) is 5.56 Å². The second-order valence-corrected chi connectivity index (χ2v) is 6.29. The zero-order valence-corrected chi connectivity index (χ0v) is 15.4. The van der Waals surface area contributed by atoms with Gasteiger partial charge in [-0.15, -0.1) is 0 Å². The molecule has 0 saturated heterocycles. The van der Waals surface area contributed by atoms with Crippen molar-refractivity contribution < 1.29 is 19.0 Å². The zero-order valence-electron chi connectivity index (χ0n) is 13.8. The molecule has 5 nitrogen and oxygen atoms in total. The van der Waals surface area contributed by atoms with Gasteiger partial charge in [0.1, 0.15) is 0 Å². The molecule has 0 aliphatic carbocycles. The molecule has 1 amide bonds. The molecule has 0 N–H and O–H groups in total. The lowest BCUT2D eigenvalue weighted by atomic mass is 10.1. The number of rotatable bonds is 5. The highest BCUT2D eigenvalue weighted by Crippen LogP contribution is 2.35. The normalized spacial score (nSPS) is 12.2. The third-order valence-corrected chi connectivity index (χ3v) is 4.49. The first-order valence-electron chi connectivity index (χ1n) is 7.74. The number of hydrogen-bond acceptors (Lipinski definition) is 4. The number of methoxy groups -OCH3 is 1. The van der Waals surface area contributed by atoms with Crippen molar-refractivity contribution >= 4 is 29.1 Å². The summed E-state index contributed by atoms with van der Waals surface area (Å²) in [5.74, 6) is 1.61. The molecule has 0 atom stereocenters. The van der Waals surface area contributed by atoms with Gasteiger partial charge in [-0.1, -0.05) is 29.3 Å². The van der Waals surface area contributed by atoms with Crippen LogP contribution in [-0.4, -0.2) is 31.3 Å². The number of halogens is 2. The van der Waals surface area contributed by atoms with E-state index < -0.39 is 0 Å². The molecule has 0 fully saturated rings. The van der Waals surface area contributed by atoms with E-state index in [-0.39, 0.29) is 12.7 Å². The summed E-state index contributed by atoms with van der Waals surface area (Å²) >= 11 is 12.3. The largest absolute Gasteiger partial charge is 0.494 e. The third kappa shape index (κ3) is 3.62. The smallest absolute Gasteiger partial charge is 0.254 e. The summed E-state index contributed by atoms with van der Waals surface area (Å²) in [6, 6.07) is 8.77. The fraction of sp³-hybridized carbons (Fsp3) is 0.278. The van der Waals surface area contributed by atoms with E-state index in [1.165, 1.54) is 7.11 Å². The van der Waals surface area contributed by atoms with Crippen LogP contribution in [0.25, 0.3) is 0 Å². The molecule has 0 bridgehead atoms. The second-order valence-electron chi connectivity index (χ2n) is 5.48. The van der Waals surface area contributed by atoms with Crippen LogP contribution in [0, 0.1) is 0 Å². The number of carbonyl (C=O) groups excluding carboxylic acids is 1. The Hall–Kier alpha value is -2.11. The van der Waals surface area contributed by atoms with Gasteiger partial charge >= 0.3 is 0 Å². The molecular weight excluding hydrogens is 365 g/mol. The average molecular weight is 382 g/mol.